The summed E-state index contributed by atoms with van der Waals surface area (Å²) >= 11 is 3.40. The van der Waals surface area contributed by atoms with E-state index >= 15 is 0 Å². The minimum atomic E-state index is -0.348. The van der Waals surface area contributed by atoms with Gasteiger partial charge in [0.15, 0.2) is 0 Å². The van der Waals surface area contributed by atoms with Crippen LogP contribution in [-0.2, 0) is 4.74 Å². The molecule has 16 heavy (non-hydrogen) atoms. The van der Waals surface area contributed by atoms with Crippen molar-refractivity contribution in [1.82, 2.24) is 0 Å². The summed E-state index contributed by atoms with van der Waals surface area (Å²) in [4.78, 5) is 11.6. The van der Waals surface area contributed by atoms with Gasteiger partial charge in [-0.3, -0.25) is 0 Å². The third kappa shape index (κ3) is 1.85. The molecule has 0 spiro atoms. The maximum atomic E-state index is 11.6. The molecule has 2 aromatic rings. The average Bonchev–Trinajstić information content (AvgIpc) is 2.61. The SMILES string of the molecule is CCOC(=O)c1coc2c(C)cc(Br)cc12. The Morgan fingerprint density at radius 2 is 2.25 bits per heavy atom. The maximum absolute atomic E-state index is 11.6. The number of benzene rings is 1. The lowest BCUT2D eigenvalue weighted by Gasteiger charge is -2.00. The first kappa shape index (κ1) is 11.2. The third-order valence-electron chi connectivity index (χ3n) is 2.32. The molecule has 0 aliphatic heterocycles. The van der Waals surface area contributed by atoms with E-state index < -0.39 is 0 Å². The second-order valence-corrected chi connectivity index (χ2v) is 4.38. The number of furan rings is 1. The van der Waals surface area contributed by atoms with E-state index in [9.17, 15) is 4.79 Å². The number of halogens is 1. The predicted molar refractivity (Wildman–Crippen MR) is 64.6 cm³/mol. The van der Waals surface area contributed by atoms with Gasteiger partial charge in [0.2, 0.25) is 0 Å². The number of fused-ring (bicyclic) bond motifs is 1. The first-order valence-electron chi connectivity index (χ1n) is 4.98. The maximum Gasteiger partial charge on any atom is 0.342 e. The van der Waals surface area contributed by atoms with Crippen LogP contribution in [0.25, 0.3) is 11.0 Å². The Kier molecular flexibility index (Phi) is 3.01. The van der Waals surface area contributed by atoms with Crippen molar-refractivity contribution < 1.29 is 13.9 Å². The van der Waals surface area contributed by atoms with Crippen molar-refractivity contribution in [3.8, 4) is 0 Å². The second kappa shape index (κ2) is 4.29. The summed E-state index contributed by atoms with van der Waals surface area (Å²) in [5.41, 5.74) is 2.19. The third-order valence-corrected chi connectivity index (χ3v) is 2.78. The lowest BCUT2D eigenvalue weighted by Crippen LogP contribution is -2.03. The molecule has 0 aliphatic carbocycles. The quantitative estimate of drug-likeness (QED) is 0.789. The van der Waals surface area contributed by atoms with Gasteiger partial charge in [0, 0.05) is 9.86 Å². The van der Waals surface area contributed by atoms with Crippen molar-refractivity contribution >= 4 is 32.9 Å². The van der Waals surface area contributed by atoms with Crippen LogP contribution in [-0.4, -0.2) is 12.6 Å². The number of carbonyl (C=O) groups excluding carboxylic acids is 1. The highest BCUT2D eigenvalue weighted by Gasteiger charge is 2.16. The smallest absolute Gasteiger partial charge is 0.342 e. The van der Waals surface area contributed by atoms with Crippen LogP contribution in [0, 0.1) is 6.92 Å². The van der Waals surface area contributed by atoms with Crippen molar-refractivity contribution in [2.45, 2.75) is 13.8 Å². The molecule has 0 saturated heterocycles. The van der Waals surface area contributed by atoms with E-state index in [0.717, 1.165) is 21.0 Å². The first-order chi connectivity index (χ1) is 7.63. The zero-order chi connectivity index (χ0) is 11.7. The molecule has 0 N–H and O–H groups in total. The minimum absolute atomic E-state index is 0.348. The summed E-state index contributed by atoms with van der Waals surface area (Å²) in [6.45, 7) is 4.07. The molecular weight excluding hydrogens is 272 g/mol. The summed E-state index contributed by atoms with van der Waals surface area (Å²) in [6.07, 6.45) is 1.45. The molecule has 0 radical (unpaired) electrons. The molecule has 84 valence electrons. The van der Waals surface area contributed by atoms with Gasteiger partial charge in [-0.1, -0.05) is 15.9 Å². The summed E-state index contributed by atoms with van der Waals surface area (Å²) in [7, 11) is 0. The topological polar surface area (TPSA) is 39.4 Å². The Morgan fingerprint density at radius 3 is 2.94 bits per heavy atom. The number of esters is 1. The van der Waals surface area contributed by atoms with E-state index in [1.54, 1.807) is 6.92 Å². The van der Waals surface area contributed by atoms with Gasteiger partial charge < -0.3 is 9.15 Å². The zero-order valence-corrected chi connectivity index (χ0v) is 10.6. The summed E-state index contributed by atoms with van der Waals surface area (Å²) in [5, 5.41) is 0.783. The highest BCUT2D eigenvalue weighted by atomic mass is 79.9. The van der Waals surface area contributed by atoms with Gasteiger partial charge in [-0.2, -0.15) is 0 Å². The van der Waals surface area contributed by atoms with Gasteiger partial charge in [0.1, 0.15) is 17.4 Å². The van der Waals surface area contributed by atoms with E-state index in [0.29, 0.717) is 12.2 Å². The van der Waals surface area contributed by atoms with Crippen LogP contribution in [0.4, 0.5) is 0 Å². The van der Waals surface area contributed by atoms with Crippen molar-refractivity contribution in [3.63, 3.8) is 0 Å². The van der Waals surface area contributed by atoms with Gasteiger partial charge >= 0.3 is 5.97 Å². The molecule has 1 aromatic carbocycles. The molecule has 0 aliphatic rings. The van der Waals surface area contributed by atoms with Crippen LogP contribution >= 0.6 is 15.9 Å². The number of carbonyl (C=O) groups is 1. The molecule has 1 heterocycles. The molecule has 0 unspecified atom stereocenters. The second-order valence-electron chi connectivity index (χ2n) is 3.47. The predicted octanol–water partition coefficient (Wildman–Crippen LogP) is 3.68. The number of hydrogen-bond acceptors (Lipinski definition) is 3. The Balaban J connectivity index is 2.60. The fraction of sp³-hybridized carbons (Fsp3) is 0.250. The largest absolute Gasteiger partial charge is 0.463 e. The number of hydrogen-bond donors (Lipinski definition) is 0. The van der Waals surface area contributed by atoms with Crippen LogP contribution in [0.3, 0.4) is 0 Å². The summed E-state index contributed by atoms with van der Waals surface area (Å²) < 4.78 is 11.3. The molecule has 0 amide bonds. The van der Waals surface area contributed by atoms with Gasteiger partial charge in [-0.25, -0.2) is 4.79 Å². The molecule has 0 fully saturated rings. The van der Waals surface area contributed by atoms with Crippen LogP contribution in [0.5, 0.6) is 0 Å². The molecule has 4 heteroatoms. The van der Waals surface area contributed by atoms with Crippen molar-refractivity contribution in [2.24, 2.45) is 0 Å². The molecule has 3 nitrogen and oxygen atoms in total. The first-order valence-corrected chi connectivity index (χ1v) is 5.77. The standard InChI is InChI=1S/C12H11BrO3/c1-3-15-12(14)10-6-16-11-7(2)4-8(13)5-9(10)11/h4-6H,3H2,1-2H3. The fourth-order valence-electron chi connectivity index (χ4n) is 1.63. The van der Waals surface area contributed by atoms with Crippen LogP contribution in [0.1, 0.15) is 22.8 Å². The number of rotatable bonds is 2. The number of ether oxygens (including phenoxy) is 1. The Morgan fingerprint density at radius 1 is 1.50 bits per heavy atom. The highest BCUT2D eigenvalue weighted by Crippen LogP contribution is 2.28. The zero-order valence-electron chi connectivity index (χ0n) is 9.04. The molecule has 0 atom stereocenters. The summed E-state index contributed by atoms with van der Waals surface area (Å²) in [6, 6.07) is 3.80. The lowest BCUT2D eigenvalue weighted by molar-refractivity contribution is 0.0527. The van der Waals surface area contributed by atoms with Gasteiger partial charge in [0.05, 0.1) is 6.61 Å². The highest BCUT2D eigenvalue weighted by molar-refractivity contribution is 9.10. The lowest BCUT2D eigenvalue weighted by atomic mass is 10.1. The Hall–Kier alpha value is -1.29. The summed E-state index contributed by atoms with van der Waals surface area (Å²) in [5.74, 6) is -0.348. The van der Waals surface area contributed by atoms with E-state index in [4.69, 9.17) is 9.15 Å². The molecule has 2 rings (SSSR count). The van der Waals surface area contributed by atoms with Gasteiger partial charge in [0.25, 0.3) is 0 Å². The van der Waals surface area contributed by atoms with Crippen LogP contribution in [0.2, 0.25) is 0 Å². The Labute approximate surface area is 102 Å². The van der Waals surface area contributed by atoms with Crippen molar-refractivity contribution in [1.29, 1.82) is 0 Å². The van der Waals surface area contributed by atoms with Crippen molar-refractivity contribution in [3.05, 3.63) is 34.0 Å². The van der Waals surface area contributed by atoms with Crippen LogP contribution in [0.15, 0.2) is 27.3 Å². The van der Waals surface area contributed by atoms with E-state index in [-0.39, 0.29) is 5.97 Å². The van der Waals surface area contributed by atoms with Crippen LogP contribution < -0.4 is 0 Å². The van der Waals surface area contributed by atoms with Crippen molar-refractivity contribution in [2.75, 3.05) is 6.61 Å². The van der Waals surface area contributed by atoms with E-state index in [2.05, 4.69) is 15.9 Å². The fourth-order valence-corrected chi connectivity index (χ4v) is 2.21. The van der Waals surface area contributed by atoms with E-state index in [1.165, 1.54) is 6.26 Å². The number of aryl methyl sites for hydroxylation is 1. The molecular formula is C12H11BrO3. The monoisotopic (exact) mass is 282 g/mol. The normalized spacial score (nSPS) is 10.7. The van der Waals surface area contributed by atoms with E-state index in [1.807, 2.05) is 19.1 Å². The molecule has 0 saturated carbocycles. The minimum Gasteiger partial charge on any atom is -0.463 e. The Bertz CT molecular complexity index is 542. The van der Waals surface area contributed by atoms with Gasteiger partial charge in [-0.05, 0) is 31.5 Å². The van der Waals surface area contributed by atoms with Gasteiger partial charge in [-0.15, -0.1) is 0 Å². The average molecular weight is 283 g/mol. The molecule has 0 bridgehead atoms. The molecule has 1 aromatic heterocycles.